The van der Waals surface area contributed by atoms with Crippen LogP contribution in [-0.2, 0) is 6.42 Å². The van der Waals surface area contributed by atoms with E-state index in [0.29, 0.717) is 5.82 Å². The Morgan fingerprint density at radius 1 is 1.05 bits per heavy atom. The highest BCUT2D eigenvalue weighted by molar-refractivity contribution is 5.32. The van der Waals surface area contributed by atoms with Gasteiger partial charge in [0.1, 0.15) is 11.6 Å². The summed E-state index contributed by atoms with van der Waals surface area (Å²) in [6, 6.07) is 1.53. The van der Waals surface area contributed by atoms with E-state index in [4.69, 9.17) is 0 Å². The Labute approximate surface area is 122 Å². The summed E-state index contributed by atoms with van der Waals surface area (Å²) in [5.41, 5.74) is -0.0738. The molecule has 0 amide bonds. The van der Waals surface area contributed by atoms with Crippen molar-refractivity contribution < 1.29 is 0 Å². The van der Waals surface area contributed by atoms with Gasteiger partial charge < -0.3 is 10.3 Å². The van der Waals surface area contributed by atoms with Gasteiger partial charge in [-0.25, -0.2) is 4.98 Å². The molecule has 0 fully saturated rings. The van der Waals surface area contributed by atoms with E-state index in [0.717, 1.165) is 25.2 Å². The van der Waals surface area contributed by atoms with Gasteiger partial charge in [-0.1, -0.05) is 58.8 Å². The Morgan fingerprint density at radius 3 is 2.35 bits per heavy atom. The third-order valence-electron chi connectivity index (χ3n) is 3.46. The fourth-order valence-electron chi connectivity index (χ4n) is 2.24. The third-order valence-corrected chi connectivity index (χ3v) is 3.46. The molecule has 4 heteroatoms. The number of anilines is 1. The first-order valence-electron chi connectivity index (χ1n) is 8.10. The van der Waals surface area contributed by atoms with Crippen molar-refractivity contribution >= 4 is 5.82 Å². The molecule has 1 rings (SSSR count). The van der Waals surface area contributed by atoms with Crippen LogP contribution in [0.4, 0.5) is 5.82 Å². The van der Waals surface area contributed by atoms with Crippen LogP contribution in [-0.4, -0.2) is 16.5 Å². The number of nitrogens with one attached hydrogen (secondary N) is 2. The van der Waals surface area contributed by atoms with Crippen molar-refractivity contribution in [3.05, 3.63) is 22.2 Å². The molecule has 0 spiro atoms. The van der Waals surface area contributed by atoms with Crippen LogP contribution in [0.25, 0.3) is 0 Å². The number of aryl methyl sites for hydroxylation is 1. The van der Waals surface area contributed by atoms with Gasteiger partial charge in [0.25, 0.3) is 5.56 Å². The zero-order valence-electron chi connectivity index (χ0n) is 13.0. The van der Waals surface area contributed by atoms with Crippen molar-refractivity contribution in [2.75, 3.05) is 11.9 Å². The number of hydrogen-bond acceptors (Lipinski definition) is 3. The smallest absolute Gasteiger partial charge is 0.252 e. The van der Waals surface area contributed by atoms with E-state index in [9.17, 15) is 4.79 Å². The first-order valence-corrected chi connectivity index (χ1v) is 8.10. The number of aromatic amines is 1. The molecule has 0 atom stereocenters. The van der Waals surface area contributed by atoms with Crippen LogP contribution in [0, 0.1) is 0 Å². The fourth-order valence-corrected chi connectivity index (χ4v) is 2.24. The largest absolute Gasteiger partial charge is 0.370 e. The van der Waals surface area contributed by atoms with Gasteiger partial charge in [0.15, 0.2) is 0 Å². The zero-order chi connectivity index (χ0) is 14.6. The highest BCUT2D eigenvalue weighted by Gasteiger charge is 1.99. The Kier molecular flexibility index (Phi) is 8.76. The van der Waals surface area contributed by atoms with Crippen LogP contribution in [0.15, 0.2) is 10.9 Å². The fraction of sp³-hybridized carbons (Fsp3) is 0.750. The predicted octanol–water partition coefficient (Wildman–Crippen LogP) is 3.88. The molecule has 1 heterocycles. The lowest BCUT2D eigenvalue weighted by molar-refractivity contribution is 0.581. The number of H-pyrrole nitrogens is 1. The topological polar surface area (TPSA) is 57.8 Å². The SMILES string of the molecule is CCCCCCCCCCNc1cc(=O)[nH]c(CC)n1. The molecule has 0 unspecified atom stereocenters. The van der Waals surface area contributed by atoms with Crippen LogP contribution in [0.3, 0.4) is 0 Å². The molecule has 0 aromatic carbocycles. The molecular formula is C16H29N3O. The average Bonchev–Trinajstić information content (AvgIpc) is 2.45. The van der Waals surface area contributed by atoms with E-state index in [1.54, 1.807) is 0 Å². The van der Waals surface area contributed by atoms with Crippen molar-refractivity contribution in [1.29, 1.82) is 0 Å². The molecular weight excluding hydrogens is 250 g/mol. The number of aromatic nitrogens is 2. The first kappa shape index (κ1) is 16.7. The van der Waals surface area contributed by atoms with E-state index < -0.39 is 0 Å². The summed E-state index contributed by atoms with van der Waals surface area (Å²) in [6.45, 7) is 5.13. The third kappa shape index (κ3) is 7.31. The molecule has 0 aliphatic heterocycles. The van der Waals surface area contributed by atoms with E-state index in [-0.39, 0.29) is 5.56 Å². The van der Waals surface area contributed by atoms with Crippen LogP contribution in [0.1, 0.15) is 71.0 Å². The summed E-state index contributed by atoms with van der Waals surface area (Å²) < 4.78 is 0. The van der Waals surface area contributed by atoms with Crippen LogP contribution >= 0.6 is 0 Å². The average molecular weight is 279 g/mol. The Balaban J connectivity index is 2.09. The van der Waals surface area contributed by atoms with Gasteiger partial charge in [0.2, 0.25) is 0 Å². The van der Waals surface area contributed by atoms with Crippen LogP contribution in [0.2, 0.25) is 0 Å². The highest BCUT2D eigenvalue weighted by Crippen LogP contribution is 2.08. The molecule has 0 saturated heterocycles. The maximum atomic E-state index is 11.4. The van der Waals surface area contributed by atoms with Gasteiger partial charge in [0, 0.05) is 19.0 Å². The van der Waals surface area contributed by atoms with Gasteiger partial charge in [-0.2, -0.15) is 0 Å². The molecule has 4 nitrogen and oxygen atoms in total. The molecule has 0 saturated carbocycles. The molecule has 20 heavy (non-hydrogen) atoms. The normalized spacial score (nSPS) is 10.7. The van der Waals surface area contributed by atoms with Gasteiger partial charge in [-0.3, -0.25) is 4.79 Å². The van der Waals surface area contributed by atoms with Crippen molar-refractivity contribution in [2.24, 2.45) is 0 Å². The van der Waals surface area contributed by atoms with Crippen molar-refractivity contribution in [3.8, 4) is 0 Å². The molecule has 0 aliphatic carbocycles. The molecule has 1 aromatic rings. The van der Waals surface area contributed by atoms with Crippen LogP contribution in [0.5, 0.6) is 0 Å². The maximum Gasteiger partial charge on any atom is 0.252 e. The summed E-state index contributed by atoms with van der Waals surface area (Å²) in [5, 5.41) is 3.24. The second kappa shape index (κ2) is 10.5. The minimum Gasteiger partial charge on any atom is -0.370 e. The zero-order valence-corrected chi connectivity index (χ0v) is 13.0. The molecule has 1 aromatic heterocycles. The minimum absolute atomic E-state index is 0.0738. The summed E-state index contributed by atoms with van der Waals surface area (Å²) in [4.78, 5) is 18.5. The second-order valence-corrected chi connectivity index (χ2v) is 5.33. The number of unbranched alkanes of at least 4 members (excludes halogenated alkanes) is 7. The monoisotopic (exact) mass is 279 g/mol. The van der Waals surface area contributed by atoms with E-state index >= 15 is 0 Å². The molecule has 0 aliphatic rings. The number of rotatable bonds is 11. The van der Waals surface area contributed by atoms with Crippen molar-refractivity contribution in [2.45, 2.75) is 71.6 Å². The lowest BCUT2D eigenvalue weighted by Gasteiger charge is -2.06. The quantitative estimate of drug-likeness (QED) is 0.604. The predicted molar refractivity (Wildman–Crippen MR) is 85.3 cm³/mol. The molecule has 114 valence electrons. The Bertz CT molecular complexity index is 414. The number of hydrogen-bond donors (Lipinski definition) is 2. The van der Waals surface area contributed by atoms with Gasteiger partial charge in [0.05, 0.1) is 0 Å². The highest BCUT2D eigenvalue weighted by atomic mass is 16.1. The van der Waals surface area contributed by atoms with Crippen molar-refractivity contribution in [1.82, 2.24) is 9.97 Å². The Hall–Kier alpha value is -1.32. The summed E-state index contributed by atoms with van der Waals surface area (Å²) in [6.07, 6.45) is 11.2. The lowest BCUT2D eigenvalue weighted by Crippen LogP contribution is -2.13. The van der Waals surface area contributed by atoms with Gasteiger partial charge in [-0.15, -0.1) is 0 Å². The van der Waals surface area contributed by atoms with Gasteiger partial charge in [-0.05, 0) is 6.42 Å². The van der Waals surface area contributed by atoms with Crippen LogP contribution < -0.4 is 10.9 Å². The van der Waals surface area contributed by atoms with E-state index in [2.05, 4.69) is 22.2 Å². The van der Waals surface area contributed by atoms with E-state index in [1.807, 2.05) is 6.92 Å². The number of nitrogens with zero attached hydrogens (tertiary/aromatic N) is 1. The van der Waals surface area contributed by atoms with Crippen molar-refractivity contribution in [3.63, 3.8) is 0 Å². The molecule has 0 radical (unpaired) electrons. The Morgan fingerprint density at radius 2 is 1.70 bits per heavy atom. The summed E-state index contributed by atoms with van der Waals surface area (Å²) in [5.74, 6) is 1.45. The molecule has 0 bridgehead atoms. The minimum atomic E-state index is -0.0738. The summed E-state index contributed by atoms with van der Waals surface area (Å²) >= 11 is 0. The van der Waals surface area contributed by atoms with E-state index in [1.165, 1.54) is 51.0 Å². The first-order chi connectivity index (χ1) is 9.76. The summed E-state index contributed by atoms with van der Waals surface area (Å²) in [7, 11) is 0. The maximum absolute atomic E-state index is 11.4. The molecule has 2 N–H and O–H groups in total. The van der Waals surface area contributed by atoms with Gasteiger partial charge >= 0.3 is 0 Å². The standard InChI is InChI=1S/C16H29N3O/c1-3-5-6-7-8-9-10-11-12-17-15-13-16(20)19-14(4-2)18-15/h13H,3-12H2,1-2H3,(H2,17,18,19,20). The lowest BCUT2D eigenvalue weighted by atomic mass is 10.1. The second-order valence-electron chi connectivity index (χ2n) is 5.33.